The second-order valence-corrected chi connectivity index (χ2v) is 4.27. The number of carbonyl (C=O) groups is 1. The first kappa shape index (κ1) is 8.89. The third-order valence-electron chi connectivity index (χ3n) is 3.40. The number of hydrogen-bond acceptors (Lipinski definition) is 2. The van der Waals surface area contributed by atoms with Gasteiger partial charge in [0.25, 0.3) is 0 Å². The van der Waals surface area contributed by atoms with Crippen molar-refractivity contribution in [3.8, 4) is 0 Å². The third-order valence-corrected chi connectivity index (χ3v) is 3.40. The largest absolute Gasteiger partial charge is 0.454 e. The van der Waals surface area contributed by atoms with E-state index in [1.165, 1.54) is 6.07 Å². The zero-order chi connectivity index (χ0) is 10.5. The Bertz CT molecular complexity index is 441. The number of rotatable bonds is 0. The highest BCUT2D eigenvalue weighted by Crippen LogP contribution is 2.46. The van der Waals surface area contributed by atoms with Crippen molar-refractivity contribution in [2.75, 3.05) is 0 Å². The Morgan fingerprint density at radius 2 is 2.07 bits per heavy atom. The summed E-state index contributed by atoms with van der Waals surface area (Å²) < 4.78 is 18.4. The van der Waals surface area contributed by atoms with Gasteiger partial charge in [-0.1, -0.05) is 6.07 Å². The number of aryl methyl sites for hydroxylation is 1. The molecule has 0 bridgehead atoms. The summed E-state index contributed by atoms with van der Waals surface area (Å²) in [4.78, 5) is 11.2. The second-order valence-electron chi connectivity index (χ2n) is 4.27. The number of halogens is 1. The van der Waals surface area contributed by atoms with E-state index < -0.39 is 5.60 Å². The van der Waals surface area contributed by atoms with Crippen LogP contribution in [0.1, 0.15) is 30.4 Å². The van der Waals surface area contributed by atoms with Crippen LogP contribution in [0.15, 0.2) is 18.2 Å². The van der Waals surface area contributed by atoms with Crippen LogP contribution < -0.4 is 0 Å². The summed E-state index contributed by atoms with van der Waals surface area (Å²) >= 11 is 0. The van der Waals surface area contributed by atoms with E-state index in [0.717, 1.165) is 30.4 Å². The lowest BCUT2D eigenvalue weighted by Gasteiger charge is -2.22. The highest BCUT2D eigenvalue weighted by atomic mass is 19.1. The number of benzene rings is 1. The van der Waals surface area contributed by atoms with Crippen LogP contribution in [-0.4, -0.2) is 5.97 Å². The number of ether oxygens (including phenoxy) is 1. The topological polar surface area (TPSA) is 26.3 Å². The Hall–Kier alpha value is -1.38. The highest BCUT2D eigenvalue weighted by molar-refractivity contribution is 5.73. The molecule has 1 aromatic rings. The maximum atomic E-state index is 13.0. The molecule has 2 aliphatic rings. The minimum Gasteiger partial charge on any atom is -0.454 e. The van der Waals surface area contributed by atoms with Crippen LogP contribution in [0.3, 0.4) is 0 Å². The van der Waals surface area contributed by atoms with Crippen LogP contribution in [-0.2, 0) is 21.6 Å². The van der Waals surface area contributed by atoms with E-state index in [4.69, 9.17) is 4.74 Å². The molecular formula is C12H11FO2. The molecule has 15 heavy (non-hydrogen) atoms. The molecule has 0 N–H and O–H groups in total. The molecule has 1 aromatic carbocycles. The van der Waals surface area contributed by atoms with Crippen LogP contribution in [0, 0.1) is 5.82 Å². The van der Waals surface area contributed by atoms with Gasteiger partial charge in [-0.2, -0.15) is 0 Å². The molecule has 1 unspecified atom stereocenters. The fourth-order valence-electron chi connectivity index (χ4n) is 2.67. The van der Waals surface area contributed by atoms with E-state index >= 15 is 0 Å². The van der Waals surface area contributed by atoms with Gasteiger partial charge in [-0.15, -0.1) is 0 Å². The second kappa shape index (κ2) is 2.81. The fourth-order valence-corrected chi connectivity index (χ4v) is 2.67. The molecule has 0 amide bonds. The number of fused-ring (bicyclic) bond motifs is 2. The molecule has 0 radical (unpaired) electrons. The van der Waals surface area contributed by atoms with Crippen molar-refractivity contribution in [1.29, 1.82) is 0 Å². The summed E-state index contributed by atoms with van der Waals surface area (Å²) in [7, 11) is 0. The number of hydrogen-bond donors (Lipinski definition) is 0. The first-order valence-electron chi connectivity index (χ1n) is 5.20. The van der Waals surface area contributed by atoms with Gasteiger partial charge in [0, 0.05) is 12.8 Å². The predicted molar refractivity (Wildman–Crippen MR) is 51.7 cm³/mol. The molecule has 1 saturated heterocycles. The van der Waals surface area contributed by atoms with Crippen molar-refractivity contribution in [2.24, 2.45) is 0 Å². The number of carbonyl (C=O) groups excluding carboxylic acids is 1. The summed E-state index contributed by atoms with van der Waals surface area (Å²) in [5.74, 6) is -0.345. The van der Waals surface area contributed by atoms with Crippen molar-refractivity contribution >= 4 is 5.97 Å². The quantitative estimate of drug-likeness (QED) is 0.609. The van der Waals surface area contributed by atoms with Gasteiger partial charge in [-0.05, 0) is 36.1 Å². The lowest BCUT2D eigenvalue weighted by atomic mass is 9.93. The Balaban J connectivity index is 2.08. The standard InChI is InChI=1S/C12H11FO2/c13-9-1-2-10-8(7-9)3-5-12(10)6-4-11(14)15-12/h1-2,7H,3-6H2. The average Bonchev–Trinajstić information content (AvgIpc) is 2.73. The summed E-state index contributed by atoms with van der Waals surface area (Å²) in [6.07, 6.45) is 2.83. The minimum atomic E-state index is -0.430. The first-order chi connectivity index (χ1) is 7.20. The predicted octanol–water partition coefficient (Wildman–Crippen LogP) is 2.30. The monoisotopic (exact) mass is 206 g/mol. The van der Waals surface area contributed by atoms with Crippen LogP contribution in [0.2, 0.25) is 0 Å². The maximum Gasteiger partial charge on any atom is 0.306 e. The fraction of sp³-hybridized carbons (Fsp3) is 0.417. The van der Waals surface area contributed by atoms with E-state index in [2.05, 4.69) is 0 Å². The van der Waals surface area contributed by atoms with Crippen molar-refractivity contribution in [3.63, 3.8) is 0 Å². The Morgan fingerprint density at radius 1 is 1.27 bits per heavy atom. The van der Waals surface area contributed by atoms with Gasteiger partial charge in [-0.25, -0.2) is 4.39 Å². The molecule has 1 atom stereocenters. The highest BCUT2D eigenvalue weighted by Gasteiger charge is 2.46. The Kier molecular flexibility index (Phi) is 1.67. The molecule has 1 heterocycles. The van der Waals surface area contributed by atoms with Gasteiger partial charge in [-0.3, -0.25) is 4.79 Å². The van der Waals surface area contributed by atoms with E-state index in [0.29, 0.717) is 6.42 Å². The van der Waals surface area contributed by atoms with E-state index in [1.807, 2.05) is 0 Å². The van der Waals surface area contributed by atoms with Crippen molar-refractivity contribution in [2.45, 2.75) is 31.3 Å². The summed E-state index contributed by atoms with van der Waals surface area (Å²) in [6, 6.07) is 4.75. The molecule has 1 aliphatic carbocycles. The molecule has 3 rings (SSSR count). The molecule has 78 valence electrons. The summed E-state index contributed by atoms with van der Waals surface area (Å²) in [6.45, 7) is 0. The molecule has 0 saturated carbocycles. The normalized spacial score (nSPS) is 28.2. The van der Waals surface area contributed by atoms with Crippen molar-refractivity contribution < 1.29 is 13.9 Å². The Labute approximate surface area is 87.0 Å². The lowest BCUT2D eigenvalue weighted by molar-refractivity contribution is -0.149. The van der Waals surface area contributed by atoms with Crippen molar-refractivity contribution in [1.82, 2.24) is 0 Å². The van der Waals surface area contributed by atoms with Gasteiger partial charge in [0.1, 0.15) is 11.4 Å². The van der Waals surface area contributed by atoms with Crippen LogP contribution in [0.4, 0.5) is 4.39 Å². The van der Waals surface area contributed by atoms with Gasteiger partial charge in [0.15, 0.2) is 0 Å². The third kappa shape index (κ3) is 1.19. The molecule has 3 heteroatoms. The zero-order valence-corrected chi connectivity index (χ0v) is 8.25. The molecular weight excluding hydrogens is 195 g/mol. The van der Waals surface area contributed by atoms with Crippen molar-refractivity contribution in [3.05, 3.63) is 35.1 Å². The average molecular weight is 206 g/mol. The van der Waals surface area contributed by atoms with E-state index in [-0.39, 0.29) is 11.8 Å². The minimum absolute atomic E-state index is 0.132. The zero-order valence-electron chi connectivity index (χ0n) is 8.25. The Morgan fingerprint density at radius 3 is 2.80 bits per heavy atom. The number of esters is 1. The van der Waals surface area contributed by atoms with Crippen LogP contribution >= 0.6 is 0 Å². The van der Waals surface area contributed by atoms with Crippen LogP contribution in [0.25, 0.3) is 0 Å². The smallest absolute Gasteiger partial charge is 0.306 e. The maximum absolute atomic E-state index is 13.0. The summed E-state index contributed by atoms with van der Waals surface area (Å²) in [5.41, 5.74) is 1.57. The van der Waals surface area contributed by atoms with Gasteiger partial charge in [0.2, 0.25) is 0 Å². The SMILES string of the molecule is O=C1CCC2(CCc3cc(F)ccc32)O1. The van der Waals surface area contributed by atoms with Gasteiger partial charge < -0.3 is 4.74 Å². The first-order valence-corrected chi connectivity index (χ1v) is 5.20. The van der Waals surface area contributed by atoms with Crippen LogP contribution in [0.5, 0.6) is 0 Å². The van der Waals surface area contributed by atoms with Gasteiger partial charge >= 0.3 is 5.97 Å². The lowest BCUT2D eigenvalue weighted by Crippen LogP contribution is -2.21. The molecule has 0 aromatic heterocycles. The molecule has 1 aliphatic heterocycles. The molecule has 1 spiro atoms. The summed E-state index contributed by atoms with van der Waals surface area (Å²) in [5, 5.41) is 0. The van der Waals surface area contributed by atoms with E-state index in [1.54, 1.807) is 12.1 Å². The van der Waals surface area contributed by atoms with E-state index in [9.17, 15) is 9.18 Å². The molecule has 2 nitrogen and oxygen atoms in total. The van der Waals surface area contributed by atoms with Gasteiger partial charge in [0.05, 0.1) is 0 Å². The molecule has 1 fully saturated rings.